The summed E-state index contributed by atoms with van der Waals surface area (Å²) in [6.45, 7) is 3.35. The van der Waals surface area contributed by atoms with E-state index in [1.54, 1.807) is 11.8 Å². The Hall–Kier alpha value is -3.07. The van der Waals surface area contributed by atoms with Gasteiger partial charge in [0.05, 0.1) is 16.2 Å². The van der Waals surface area contributed by atoms with Crippen molar-refractivity contribution in [1.29, 1.82) is 0 Å². The average molecular weight is 637 g/mol. The molecule has 1 saturated carbocycles. The lowest BCUT2D eigenvalue weighted by atomic mass is 9.74. The van der Waals surface area contributed by atoms with Gasteiger partial charge in [-0.05, 0) is 60.8 Å². The number of halogens is 1. The van der Waals surface area contributed by atoms with Crippen molar-refractivity contribution < 1.29 is 32.5 Å². The van der Waals surface area contributed by atoms with Gasteiger partial charge in [0.2, 0.25) is 17.7 Å². The Kier molecular flexibility index (Phi) is 11.4. The summed E-state index contributed by atoms with van der Waals surface area (Å²) in [6.07, 6.45) is 6.72. The molecule has 1 aliphatic heterocycles. The Morgan fingerprint density at radius 1 is 0.977 bits per heavy atom. The summed E-state index contributed by atoms with van der Waals surface area (Å²) in [5.74, 6) is -0.217. The van der Waals surface area contributed by atoms with Crippen molar-refractivity contribution >= 4 is 40.3 Å². The third-order valence-electron chi connectivity index (χ3n) is 9.33. The summed E-state index contributed by atoms with van der Waals surface area (Å²) in [5, 5.41) is 8.51. The number of benzene rings is 3. The molecule has 4 atom stereocenters. The van der Waals surface area contributed by atoms with E-state index >= 15 is 0 Å². The number of nitrogens with one attached hydrogen (secondary N) is 2. The van der Waals surface area contributed by atoms with Gasteiger partial charge in [-0.2, -0.15) is 0 Å². The number of carbonyl (C=O) groups is 3. The van der Waals surface area contributed by atoms with E-state index in [4.69, 9.17) is 0 Å². The Morgan fingerprint density at radius 2 is 1.70 bits per heavy atom. The summed E-state index contributed by atoms with van der Waals surface area (Å²) in [4.78, 5) is 43.8. The van der Waals surface area contributed by atoms with Crippen molar-refractivity contribution in [3.05, 3.63) is 83.9 Å². The molecule has 3 aromatic rings. The van der Waals surface area contributed by atoms with Crippen LogP contribution in [0.1, 0.15) is 50.2 Å². The van der Waals surface area contributed by atoms with Gasteiger partial charge in [-0.15, -0.1) is 11.8 Å². The molecule has 2 aliphatic rings. The lowest BCUT2D eigenvalue weighted by molar-refractivity contribution is -0.417. The number of nitrogens with zero attached hydrogens (tertiary/aromatic N) is 1. The summed E-state index contributed by atoms with van der Waals surface area (Å²) in [6, 6.07) is 23.9. The second-order valence-corrected chi connectivity index (χ2v) is 13.6. The van der Waals surface area contributed by atoms with E-state index in [2.05, 4.69) is 40.6 Å². The maximum Gasteiger partial charge on any atom is 0.245 e. The predicted molar refractivity (Wildman–Crippen MR) is 173 cm³/mol. The average Bonchev–Trinajstić information content (AvgIpc) is 3.43. The summed E-state index contributed by atoms with van der Waals surface area (Å²) < 4.78 is -0.575. The maximum atomic E-state index is 14.5. The number of quaternary nitrogens is 1. The molecule has 7 nitrogen and oxygen atoms in total. The van der Waals surface area contributed by atoms with Gasteiger partial charge in [-0.3, -0.25) is 14.4 Å². The molecule has 0 spiro atoms. The normalized spacial score (nSPS) is 23.9. The minimum absolute atomic E-state index is 0. The largest absolute Gasteiger partial charge is 1.00 e. The second-order valence-electron chi connectivity index (χ2n) is 12.4. The molecule has 3 amide bonds. The van der Waals surface area contributed by atoms with Crippen molar-refractivity contribution in [3.63, 3.8) is 0 Å². The zero-order chi connectivity index (χ0) is 30.5. The molecule has 0 radical (unpaired) electrons. The maximum absolute atomic E-state index is 14.5. The molecular weight excluding hydrogens is 592 g/mol. The molecule has 44 heavy (non-hydrogen) atoms. The van der Waals surface area contributed by atoms with Crippen molar-refractivity contribution in [3.8, 4) is 0 Å². The van der Waals surface area contributed by atoms with Gasteiger partial charge in [0.25, 0.3) is 0 Å². The topological polar surface area (TPSA) is 106 Å². The molecule has 1 unspecified atom stereocenters. The monoisotopic (exact) mass is 636 g/mol. The number of fused-ring (bicyclic) bond motifs is 1. The molecule has 0 bridgehead atoms. The van der Waals surface area contributed by atoms with Crippen LogP contribution in [0.2, 0.25) is 0 Å². The third kappa shape index (κ3) is 7.41. The molecule has 5 N–H and O–H groups in total. The minimum atomic E-state index is -0.733. The number of carbonyl (C=O) groups excluding carboxylic acids is 3. The van der Waals surface area contributed by atoms with Crippen LogP contribution in [0.3, 0.4) is 0 Å². The number of piperidine rings is 1. The van der Waals surface area contributed by atoms with Gasteiger partial charge in [-0.25, -0.2) is 0 Å². The Labute approximate surface area is 271 Å². The fourth-order valence-electron chi connectivity index (χ4n) is 6.97. The first-order valence-electron chi connectivity index (χ1n) is 15.6. The molecule has 5 rings (SSSR count). The van der Waals surface area contributed by atoms with Gasteiger partial charge in [0, 0.05) is 38.9 Å². The van der Waals surface area contributed by atoms with Gasteiger partial charge < -0.3 is 33.7 Å². The summed E-state index contributed by atoms with van der Waals surface area (Å²) >= 11 is 1.57. The van der Waals surface area contributed by atoms with Crippen molar-refractivity contribution in [1.82, 2.24) is 15.5 Å². The Balaban J connectivity index is 0.00000442. The highest BCUT2D eigenvalue weighted by Crippen LogP contribution is 2.40. The van der Waals surface area contributed by atoms with Crippen LogP contribution in [0.5, 0.6) is 0 Å². The van der Waals surface area contributed by atoms with Gasteiger partial charge in [0.1, 0.15) is 6.04 Å². The number of thioether (sulfide) groups is 1. The molecule has 1 heterocycles. The lowest BCUT2D eigenvalue weighted by Gasteiger charge is -2.43. The van der Waals surface area contributed by atoms with Crippen LogP contribution in [-0.4, -0.2) is 65.3 Å². The van der Waals surface area contributed by atoms with Gasteiger partial charge >= 0.3 is 0 Å². The molecule has 236 valence electrons. The quantitative estimate of drug-likeness (QED) is 0.306. The van der Waals surface area contributed by atoms with Crippen molar-refractivity contribution in [2.24, 2.45) is 5.41 Å². The Bertz CT molecular complexity index is 1460. The number of hydrogen-bond donors (Lipinski definition) is 3. The van der Waals surface area contributed by atoms with E-state index < -0.39 is 16.2 Å². The molecule has 1 saturated heterocycles. The highest BCUT2D eigenvalue weighted by Gasteiger charge is 2.48. The van der Waals surface area contributed by atoms with E-state index in [0.717, 1.165) is 41.2 Å². The number of likely N-dealkylation sites (tertiary alicyclic amines) is 1. The smallest absolute Gasteiger partial charge is 0.245 e. The lowest BCUT2D eigenvalue weighted by Crippen LogP contribution is -3.00. The van der Waals surface area contributed by atoms with E-state index in [1.807, 2.05) is 66.6 Å². The van der Waals surface area contributed by atoms with Crippen LogP contribution in [0.4, 0.5) is 0 Å². The first-order valence-corrected chi connectivity index (χ1v) is 16.8. The van der Waals surface area contributed by atoms with Crippen molar-refractivity contribution in [2.45, 2.75) is 68.7 Å². The SMILES string of the molecule is CCNC(=O)[C@]1(Cc2ccccc2)CCCN(C(=O)[C@@H](Cc2ccc3ccccc3c2)NC(=O)C2(SC)CC[C@H]([NH3+])C2)C1.[Cl-]. The zero-order valence-corrected chi connectivity index (χ0v) is 27.4. The zero-order valence-electron chi connectivity index (χ0n) is 25.8. The molecule has 0 aromatic heterocycles. The summed E-state index contributed by atoms with van der Waals surface area (Å²) in [5.41, 5.74) is 5.57. The van der Waals surface area contributed by atoms with Gasteiger partial charge in [0.15, 0.2) is 0 Å². The number of amides is 3. The highest BCUT2D eigenvalue weighted by atomic mass is 35.5. The molecule has 2 fully saturated rings. The number of hydrogen-bond acceptors (Lipinski definition) is 4. The van der Waals surface area contributed by atoms with Crippen LogP contribution in [0.25, 0.3) is 10.8 Å². The van der Waals surface area contributed by atoms with Crippen molar-refractivity contribution in [2.75, 3.05) is 25.9 Å². The van der Waals surface area contributed by atoms with Crippen LogP contribution in [0.15, 0.2) is 72.8 Å². The standard InChI is InChI=1S/C35H44N4O3S.ClH/c1-3-37-32(41)34(22-25-10-5-4-6-11-25)17-9-19-39(24-34)31(40)30(38-33(42)35(43-2)18-16-29(36)23-35)21-26-14-15-27-12-7-8-13-28(27)20-26;/h4-8,10-15,20,29-30H,3,9,16-19,21-24,36H2,1-2H3,(H,37,41)(H,38,42);1H/t29-,30+,34-,35?;/m0./s1. The van der Waals surface area contributed by atoms with E-state index in [0.29, 0.717) is 45.3 Å². The van der Waals surface area contributed by atoms with Crippen LogP contribution in [0, 0.1) is 5.41 Å². The predicted octanol–water partition coefficient (Wildman–Crippen LogP) is 0.755. The van der Waals surface area contributed by atoms with E-state index in [9.17, 15) is 14.4 Å². The molecular formula is C35H45ClN4O3S. The fraction of sp³-hybridized carbons (Fsp3) is 0.457. The molecule has 1 aliphatic carbocycles. The van der Waals surface area contributed by atoms with Crippen LogP contribution >= 0.6 is 11.8 Å². The Morgan fingerprint density at radius 3 is 2.39 bits per heavy atom. The first-order chi connectivity index (χ1) is 20.8. The summed E-state index contributed by atoms with van der Waals surface area (Å²) in [7, 11) is 0. The highest BCUT2D eigenvalue weighted by molar-refractivity contribution is 8.00. The minimum Gasteiger partial charge on any atom is -1.00 e. The molecule has 3 aromatic carbocycles. The number of rotatable bonds is 10. The third-order valence-corrected chi connectivity index (χ3v) is 10.7. The first kappa shape index (κ1) is 33.8. The van der Waals surface area contributed by atoms with Crippen LogP contribution < -0.4 is 28.8 Å². The van der Waals surface area contributed by atoms with E-state index in [1.165, 1.54) is 0 Å². The van der Waals surface area contributed by atoms with E-state index in [-0.39, 0.29) is 36.2 Å². The van der Waals surface area contributed by atoms with Crippen LogP contribution in [-0.2, 0) is 27.2 Å². The second kappa shape index (κ2) is 14.8. The van der Waals surface area contributed by atoms with Gasteiger partial charge in [-0.1, -0.05) is 72.8 Å². The molecule has 9 heteroatoms. The fourth-order valence-corrected chi connectivity index (χ4v) is 7.94.